The van der Waals surface area contributed by atoms with Gasteiger partial charge < -0.3 is 10.2 Å². The monoisotopic (exact) mass is 242 g/mol. The van der Waals surface area contributed by atoms with E-state index in [-0.39, 0.29) is 6.61 Å². The second-order valence-corrected chi connectivity index (χ2v) is 6.08. The third-order valence-electron chi connectivity index (χ3n) is 2.61. The molecule has 1 aromatic heterocycles. The second kappa shape index (κ2) is 6.38. The number of thiophene rings is 1. The van der Waals surface area contributed by atoms with Gasteiger partial charge in [0.15, 0.2) is 0 Å². The van der Waals surface area contributed by atoms with E-state index in [9.17, 15) is 5.11 Å². The maximum atomic E-state index is 9.40. The van der Waals surface area contributed by atoms with Crippen LogP contribution in [0.15, 0.2) is 12.1 Å². The van der Waals surface area contributed by atoms with Crippen molar-refractivity contribution >= 4 is 11.3 Å². The first-order chi connectivity index (χ1) is 7.52. The first kappa shape index (κ1) is 13.7. The van der Waals surface area contributed by atoms with Gasteiger partial charge in [-0.2, -0.15) is 0 Å². The summed E-state index contributed by atoms with van der Waals surface area (Å²) in [6.07, 6.45) is 1.17. The molecule has 2 atom stereocenters. The molecule has 0 aliphatic rings. The third-order valence-corrected chi connectivity index (χ3v) is 3.95. The molecule has 2 N–H and O–H groups in total. The molecule has 0 fully saturated rings. The zero-order valence-electron chi connectivity index (χ0n) is 10.3. The van der Waals surface area contributed by atoms with E-state index >= 15 is 0 Å². The Bertz CT molecular complexity index is 307. The Kier molecular flexibility index (Phi) is 5.46. The first-order valence-corrected chi connectivity index (χ1v) is 6.72. The smallest absolute Gasteiger partial charge is 0.0776 e. The summed E-state index contributed by atoms with van der Waals surface area (Å²) in [4.78, 5) is 2.72. The highest BCUT2D eigenvalue weighted by molar-refractivity contribution is 7.12. The van der Waals surface area contributed by atoms with Gasteiger partial charge in [0.1, 0.15) is 0 Å². The normalized spacial score (nSPS) is 15.4. The molecule has 0 aromatic carbocycles. The van der Waals surface area contributed by atoms with Crippen LogP contribution in [0.4, 0.5) is 0 Å². The molecule has 0 amide bonds. The summed E-state index contributed by atoms with van der Waals surface area (Å²) >= 11 is 1.83. The molecular weight excluding hydrogens is 220 g/mol. The highest BCUT2D eigenvalue weighted by Gasteiger charge is 2.13. The van der Waals surface area contributed by atoms with Crippen LogP contribution >= 0.6 is 11.3 Å². The highest BCUT2D eigenvalue weighted by Crippen LogP contribution is 2.29. The number of aliphatic hydroxyl groups is 2. The standard InChI is InChI=1S/C13H22O2S/c1-9(2)6-12-4-5-13(16-12)10(3)7-11(15)8-14/h4-5,9-11,14-15H,6-8H2,1-3H3. The molecule has 3 heteroatoms. The largest absolute Gasteiger partial charge is 0.394 e. The van der Waals surface area contributed by atoms with Gasteiger partial charge in [-0.15, -0.1) is 11.3 Å². The molecule has 0 radical (unpaired) electrons. The molecule has 0 bridgehead atoms. The third kappa shape index (κ3) is 4.24. The Morgan fingerprint density at radius 2 is 1.94 bits per heavy atom. The Labute approximate surface area is 102 Å². The molecule has 0 saturated carbocycles. The van der Waals surface area contributed by atoms with Crippen molar-refractivity contribution in [1.29, 1.82) is 0 Å². The summed E-state index contributed by atoms with van der Waals surface area (Å²) < 4.78 is 0. The first-order valence-electron chi connectivity index (χ1n) is 5.90. The van der Waals surface area contributed by atoms with Crippen LogP contribution in [0.5, 0.6) is 0 Å². The lowest BCUT2D eigenvalue weighted by Gasteiger charge is -2.12. The molecule has 16 heavy (non-hydrogen) atoms. The molecule has 0 spiro atoms. The average molecular weight is 242 g/mol. The zero-order chi connectivity index (χ0) is 12.1. The Hall–Kier alpha value is -0.380. The molecule has 0 aliphatic heterocycles. The maximum Gasteiger partial charge on any atom is 0.0776 e. The van der Waals surface area contributed by atoms with Gasteiger partial charge in [-0.3, -0.25) is 0 Å². The van der Waals surface area contributed by atoms with Gasteiger partial charge >= 0.3 is 0 Å². The number of aliphatic hydroxyl groups excluding tert-OH is 2. The van der Waals surface area contributed by atoms with Crippen molar-refractivity contribution in [2.24, 2.45) is 5.92 Å². The Morgan fingerprint density at radius 3 is 2.50 bits per heavy atom. The zero-order valence-corrected chi connectivity index (χ0v) is 11.1. The van der Waals surface area contributed by atoms with Crippen molar-refractivity contribution in [3.05, 3.63) is 21.9 Å². The fraction of sp³-hybridized carbons (Fsp3) is 0.692. The van der Waals surface area contributed by atoms with Crippen LogP contribution in [0.25, 0.3) is 0 Å². The molecule has 1 aromatic rings. The summed E-state index contributed by atoms with van der Waals surface area (Å²) in [5.41, 5.74) is 0. The number of rotatable bonds is 6. The molecule has 92 valence electrons. The minimum absolute atomic E-state index is 0.144. The van der Waals surface area contributed by atoms with Crippen molar-refractivity contribution in [2.75, 3.05) is 6.61 Å². The van der Waals surface area contributed by atoms with E-state index < -0.39 is 6.10 Å². The lowest BCUT2D eigenvalue weighted by Crippen LogP contribution is -2.14. The lowest BCUT2D eigenvalue weighted by molar-refractivity contribution is 0.0838. The molecule has 1 rings (SSSR count). The summed E-state index contributed by atoms with van der Waals surface area (Å²) in [7, 11) is 0. The van der Waals surface area contributed by atoms with E-state index in [1.165, 1.54) is 9.75 Å². The van der Waals surface area contributed by atoms with E-state index in [0.717, 1.165) is 6.42 Å². The van der Waals surface area contributed by atoms with Crippen LogP contribution in [-0.2, 0) is 6.42 Å². The SMILES string of the molecule is CC(C)Cc1ccc(C(C)CC(O)CO)s1. The van der Waals surface area contributed by atoms with Gasteiger partial charge in [-0.05, 0) is 36.8 Å². The van der Waals surface area contributed by atoms with E-state index in [1.54, 1.807) is 0 Å². The van der Waals surface area contributed by atoms with Crippen molar-refractivity contribution < 1.29 is 10.2 Å². The fourth-order valence-electron chi connectivity index (χ4n) is 1.77. The average Bonchev–Trinajstić information content (AvgIpc) is 2.65. The van der Waals surface area contributed by atoms with E-state index in [1.807, 2.05) is 11.3 Å². The summed E-state index contributed by atoms with van der Waals surface area (Å²) in [6.45, 7) is 6.40. The predicted octanol–water partition coefficient (Wildman–Crippen LogP) is 2.79. The number of hydrogen-bond acceptors (Lipinski definition) is 3. The van der Waals surface area contributed by atoms with Gasteiger partial charge in [-0.1, -0.05) is 20.8 Å². The van der Waals surface area contributed by atoms with Crippen molar-refractivity contribution in [3.8, 4) is 0 Å². The molecule has 2 nitrogen and oxygen atoms in total. The molecule has 1 heterocycles. The van der Waals surface area contributed by atoms with Crippen LogP contribution in [0, 0.1) is 5.92 Å². The summed E-state index contributed by atoms with van der Waals surface area (Å²) in [6, 6.07) is 4.33. The van der Waals surface area contributed by atoms with E-state index in [0.29, 0.717) is 18.3 Å². The molecule has 2 unspecified atom stereocenters. The predicted molar refractivity (Wildman–Crippen MR) is 69.0 cm³/mol. The Balaban J connectivity index is 2.56. The van der Waals surface area contributed by atoms with Gasteiger partial charge in [0, 0.05) is 9.75 Å². The minimum atomic E-state index is -0.592. The van der Waals surface area contributed by atoms with Gasteiger partial charge in [-0.25, -0.2) is 0 Å². The molecule has 0 saturated heterocycles. The topological polar surface area (TPSA) is 40.5 Å². The lowest BCUT2D eigenvalue weighted by atomic mass is 10.0. The maximum absolute atomic E-state index is 9.40. The van der Waals surface area contributed by atoms with Crippen molar-refractivity contribution in [1.82, 2.24) is 0 Å². The molecular formula is C13H22O2S. The Morgan fingerprint density at radius 1 is 1.25 bits per heavy atom. The van der Waals surface area contributed by atoms with Crippen LogP contribution < -0.4 is 0 Å². The van der Waals surface area contributed by atoms with E-state index in [4.69, 9.17) is 5.11 Å². The van der Waals surface area contributed by atoms with Crippen molar-refractivity contribution in [2.45, 2.75) is 45.6 Å². The fourth-order valence-corrected chi connectivity index (χ4v) is 3.06. The van der Waals surface area contributed by atoms with Gasteiger partial charge in [0.2, 0.25) is 0 Å². The van der Waals surface area contributed by atoms with Gasteiger partial charge in [0.05, 0.1) is 12.7 Å². The van der Waals surface area contributed by atoms with Gasteiger partial charge in [0.25, 0.3) is 0 Å². The van der Waals surface area contributed by atoms with Crippen LogP contribution in [0.1, 0.15) is 42.9 Å². The van der Waals surface area contributed by atoms with Crippen LogP contribution in [0.2, 0.25) is 0 Å². The minimum Gasteiger partial charge on any atom is -0.394 e. The van der Waals surface area contributed by atoms with E-state index in [2.05, 4.69) is 32.9 Å². The highest BCUT2D eigenvalue weighted by atomic mass is 32.1. The summed E-state index contributed by atoms with van der Waals surface area (Å²) in [5, 5.41) is 18.2. The second-order valence-electron chi connectivity index (χ2n) is 4.88. The van der Waals surface area contributed by atoms with Crippen molar-refractivity contribution in [3.63, 3.8) is 0 Å². The summed E-state index contributed by atoms with van der Waals surface area (Å²) in [5.74, 6) is 1.01. The van der Waals surface area contributed by atoms with Crippen LogP contribution in [-0.4, -0.2) is 22.9 Å². The number of hydrogen-bond donors (Lipinski definition) is 2. The quantitative estimate of drug-likeness (QED) is 0.805. The molecule has 0 aliphatic carbocycles. The van der Waals surface area contributed by atoms with Crippen LogP contribution in [0.3, 0.4) is 0 Å².